The van der Waals surface area contributed by atoms with Gasteiger partial charge in [-0.15, -0.1) is 0 Å². The zero-order valence-electron chi connectivity index (χ0n) is 15.0. The molecular weight excluding hydrogens is 392 g/mol. The second-order valence-corrected chi connectivity index (χ2v) is 6.95. The zero-order valence-corrected chi connectivity index (χ0v) is 16.6. The van der Waals surface area contributed by atoms with Crippen molar-refractivity contribution in [2.75, 3.05) is 21.3 Å². The van der Waals surface area contributed by atoms with E-state index in [-0.39, 0.29) is 0 Å². The molecule has 0 saturated carbocycles. The van der Waals surface area contributed by atoms with E-state index >= 15 is 0 Å². The molecule has 3 rings (SSSR count). The van der Waals surface area contributed by atoms with E-state index in [1.807, 2.05) is 72.8 Å². The Balaban J connectivity index is 2.40. The van der Waals surface area contributed by atoms with Crippen LogP contribution < -0.4 is 14.2 Å². The number of benzene rings is 3. The molecule has 3 aromatic carbocycles. The number of ether oxygens (including phenoxy) is 3. The van der Waals surface area contributed by atoms with Crippen LogP contribution in [0.15, 0.2) is 72.8 Å². The second-order valence-electron chi connectivity index (χ2n) is 5.76. The van der Waals surface area contributed by atoms with Gasteiger partial charge in [-0.1, -0.05) is 70.5 Å². The number of methoxy groups -OCH3 is 3. The van der Waals surface area contributed by atoms with Crippen LogP contribution in [-0.2, 0) is 4.32 Å². The molecule has 0 unspecified atom stereocenters. The van der Waals surface area contributed by atoms with Crippen LogP contribution in [0.25, 0.3) is 0 Å². The van der Waals surface area contributed by atoms with Gasteiger partial charge in [0.2, 0.25) is 0 Å². The Morgan fingerprint density at radius 2 is 0.808 bits per heavy atom. The topological polar surface area (TPSA) is 27.7 Å². The summed E-state index contributed by atoms with van der Waals surface area (Å²) in [5.74, 6) is 2.34. The van der Waals surface area contributed by atoms with Gasteiger partial charge in [-0.05, 0) is 18.2 Å². The number of hydrogen-bond donors (Lipinski definition) is 0. The first-order chi connectivity index (χ1) is 12.7. The highest BCUT2D eigenvalue weighted by Gasteiger charge is 2.40. The van der Waals surface area contributed by atoms with E-state index in [1.165, 1.54) is 0 Å². The summed E-state index contributed by atoms with van der Waals surface area (Å²) >= 11 is 4.04. The summed E-state index contributed by atoms with van der Waals surface area (Å²) in [4.78, 5) is 0. The Labute approximate surface area is 162 Å². The van der Waals surface area contributed by atoms with E-state index in [2.05, 4.69) is 15.9 Å². The van der Waals surface area contributed by atoms with Gasteiger partial charge in [-0.25, -0.2) is 0 Å². The normalized spacial score (nSPS) is 11.1. The third kappa shape index (κ3) is 3.06. The minimum atomic E-state index is -0.710. The van der Waals surface area contributed by atoms with Crippen molar-refractivity contribution >= 4 is 15.9 Å². The average Bonchev–Trinajstić information content (AvgIpc) is 2.73. The minimum absolute atomic E-state index is 0.710. The van der Waals surface area contributed by atoms with E-state index in [1.54, 1.807) is 21.3 Å². The van der Waals surface area contributed by atoms with Crippen molar-refractivity contribution < 1.29 is 14.2 Å². The number of halogens is 1. The molecule has 0 bridgehead atoms. The summed E-state index contributed by atoms with van der Waals surface area (Å²) in [5, 5.41) is 0. The lowest BCUT2D eigenvalue weighted by molar-refractivity contribution is 0.394. The van der Waals surface area contributed by atoms with Gasteiger partial charge in [-0.2, -0.15) is 0 Å². The molecule has 0 saturated heterocycles. The van der Waals surface area contributed by atoms with Crippen molar-refractivity contribution in [3.05, 3.63) is 89.5 Å². The standard InChI is InChI=1S/C22H21BrO3/c1-24-19-13-7-4-10-16(19)22(23,17-11-5-8-14-20(17)25-2)18-12-6-9-15-21(18)26-3/h4-15H,1-3H3. The van der Waals surface area contributed by atoms with Crippen LogP contribution in [0.5, 0.6) is 17.2 Å². The lowest BCUT2D eigenvalue weighted by Gasteiger charge is -2.33. The highest BCUT2D eigenvalue weighted by Crippen LogP contribution is 2.53. The second kappa shape index (κ2) is 7.83. The first kappa shape index (κ1) is 18.3. The van der Waals surface area contributed by atoms with Crippen LogP contribution in [0.2, 0.25) is 0 Å². The maximum atomic E-state index is 5.67. The predicted octanol–water partition coefficient (Wildman–Crippen LogP) is 5.40. The number of para-hydroxylation sites is 3. The molecule has 3 aromatic rings. The quantitative estimate of drug-likeness (QED) is 0.400. The largest absolute Gasteiger partial charge is 0.496 e. The van der Waals surface area contributed by atoms with Crippen molar-refractivity contribution in [2.24, 2.45) is 0 Å². The minimum Gasteiger partial charge on any atom is -0.496 e. The summed E-state index contributed by atoms with van der Waals surface area (Å²) < 4.78 is 16.3. The monoisotopic (exact) mass is 412 g/mol. The summed E-state index contributed by atoms with van der Waals surface area (Å²) in [7, 11) is 5.03. The van der Waals surface area contributed by atoms with E-state index in [0.29, 0.717) is 0 Å². The summed E-state index contributed by atoms with van der Waals surface area (Å²) in [6.45, 7) is 0. The van der Waals surface area contributed by atoms with Gasteiger partial charge < -0.3 is 14.2 Å². The fourth-order valence-corrected chi connectivity index (χ4v) is 4.21. The van der Waals surface area contributed by atoms with Crippen LogP contribution in [0.3, 0.4) is 0 Å². The van der Waals surface area contributed by atoms with E-state index in [9.17, 15) is 0 Å². The van der Waals surface area contributed by atoms with E-state index in [0.717, 1.165) is 33.9 Å². The smallest absolute Gasteiger partial charge is 0.124 e. The molecule has 0 aliphatic heterocycles. The van der Waals surface area contributed by atoms with Crippen LogP contribution in [0.4, 0.5) is 0 Å². The zero-order chi connectivity index (χ0) is 18.6. The highest BCUT2D eigenvalue weighted by atomic mass is 79.9. The lowest BCUT2D eigenvalue weighted by atomic mass is 9.83. The van der Waals surface area contributed by atoms with Crippen LogP contribution in [-0.4, -0.2) is 21.3 Å². The summed E-state index contributed by atoms with van der Waals surface area (Å²) in [6.07, 6.45) is 0. The fourth-order valence-electron chi connectivity index (χ4n) is 3.22. The van der Waals surface area contributed by atoms with Gasteiger partial charge in [0.25, 0.3) is 0 Å². The Morgan fingerprint density at radius 3 is 1.08 bits per heavy atom. The number of hydrogen-bond acceptors (Lipinski definition) is 3. The van der Waals surface area contributed by atoms with Gasteiger partial charge in [-0.3, -0.25) is 0 Å². The molecule has 0 radical (unpaired) electrons. The van der Waals surface area contributed by atoms with E-state index < -0.39 is 4.32 Å². The summed E-state index contributed by atoms with van der Waals surface area (Å²) in [5.41, 5.74) is 2.91. The van der Waals surface area contributed by atoms with Crippen molar-refractivity contribution in [3.63, 3.8) is 0 Å². The highest BCUT2D eigenvalue weighted by molar-refractivity contribution is 9.10. The van der Waals surface area contributed by atoms with Crippen molar-refractivity contribution in [1.29, 1.82) is 0 Å². The molecule has 134 valence electrons. The van der Waals surface area contributed by atoms with Crippen molar-refractivity contribution in [1.82, 2.24) is 0 Å². The Kier molecular flexibility index (Phi) is 5.52. The molecule has 0 aliphatic carbocycles. The molecule has 0 aliphatic rings. The van der Waals surface area contributed by atoms with Gasteiger partial charge in [0.15, 0.2) is 0 Å². The maximum Gasteiger partial charge on any atom is 0.124 e. The predicted molar refractivity (Wildman–Crippen MR) is 108 cm³/mol. The summed E-state index contributed by atoms with van der Waals surface area (Å²) in [6, 6.07) is 23.9. The van der Waals surface area contributed by atoms with E-state index in [4.69, 9.17) is 14.2 Å². The molecule has 0 atom stereocenters. The first-order valence-electron chi connectivity index (χ1n) is 8.26. The molecule has 0 fully saturated rings. The molecule has 0 spiro atoms. The molecule has 0 heterocycles. The lowest BCUT2D eigenvalue weighted by Crippen LogP contribution is -2.24. The molecule has 0 N–H and O–H groups in total. The third-order valence-corrected chi connectivity index (χ3v) is 5.72. The van der Waals surface area contributed by atoms with Crippen LogP contribution >= 0.6 is 15.9 Å². The Bertz CT molecular complexity index is 776. The molecular formula is C22H21BrO3. The van der Waals surface area contributed by atoms with Gasteiger partial charge in [0.1, 0.15) is 21.6 Å². The van der Waals surface area contributed by atoms with Crippen molar-refractivity contribution in [3.8, 4) is 17.2 Å². The number of rotatable bonds is 6. The first-order valence-corrected chi connectivity index (χ1v) is 9.05. The molecule has 3 nitrogen and oxygen atoms in total. The molecule has 4 heteroatoms. The van der Waals surface area contributed by atoms with Crippen LogP contribution in [0, 0.1) is 0 Å². The molecule has 0 aromatic heterocycles. The van der Waals surface area contributed by atoms with Crippen molar-refractivity contribution in [2.45, 2.75) is 4.32 Å². The van der Waals surface area contributed by atoms with Gasteiger partial charge >= 0.3 is 0 Å². The molecule has 26 heavy (non-hydrogen) atoms. The SMILES string of the molecule is COc1ccccc1C(Br)(c1ccccc1OC)c1ccccc1OC. The third-order valence-electron chi connectivity index (χ3n) is 4.43. The average molecular weight is 413 g/mol. The number of alkyl halides is 1. The fraction of sp³-hybridized carbons (Fsp3) is 0.182. The van der Waals surface area contributed by atoms with Gasteiger partial charge in [0, 0.05) is 16.7 Å². The van der Waals surface area contributed by atoms with Crippen LogP contribution in [0.1, 0.15) is 16.7 Å². The Morgan fingerprint density at radius 1 is 0.538 bits per heavy atom. The van der Waals surface area contributed by atoms with Gasteiger partial charge in [0.05, 0.1) is 21.3 Å². The Hall–Kier alpha value is -2.46. The molecule has 0 amide bonds. The maximum absolute atomic E-state index is 5.67.